The van der Waals surface area contributed by atoms with Gasteiger partial charge in [0.1, 0.15) is 5.75 Å². The molecule has 0 radical (unpaired) electrons. The number of hydrogen-bond donors (Lipinski definition) is 2. The Balaban J connectivity index is 1.60. The lowest BCUT2D eigenvalue weighted by molar-refractivity contribution is 0.102. The zero-order chi connectivity index (χ0) is 18.4. The summed E-state index contributed by atoms with van der Waals surface area (Å²) in [5.74, 6) is 1.57. The van der Waals surface area contributed by atoms with E-state index in [9.17, 15) is 4.79 Å². The molecule has 2 N–H and O–H groups in total. The SMILES string of the molecule is CC(C)Oc1ccc(Nc2ccc(NC(=O)c3ccccc3)nn2)cc1. The molecule has 6 nitrogen and oxygen atoms in total. The van der Waals surface area contributed by atoms with E-state index in [2.05, 4.69) is 20.8 Å². The second-order valence-electron chi connectivity index (χ2n) is 5.94. The van der Waals surface area contributed by atoms with Crippen molar-refractivity contribution in [3.63, 3.8) is 0 Å². The Hall–Kier alpha value is -3.41. The molecule has 132 valence electrons. The van der Waals surface area contributed by atoms with Crippen LogP contribution < -0.4 is 15.4 Å². The third kappa shape index (κ3) is 4.80. The van der Waals surface area contributed by atoms with Crippen LogP contribution in [-0.4, -0.2) is 22.2 Å². The summed E-state index contributed by atoms with van der Waals surface area (Å²) in [6.45, 7) is 3.97. The molecule has 0 saturated carbocycles. The van der Waals surface area contributed by atoms with E-state index in [-0.39, 0.29) is 12.0 Å². The fourth-order valence-electron chi connectivity index (χ4n) is 2.28. The molecule has 0 aliphatic heterocycles. The quantitative estimate of drug-likeness (QED) is 0.696. The minimum absolute atomic E-state index is 0.137. The minimum atomic E-state index is -0.221. The fourth-order valence-corrected chi connectivity index (χ4v) is 2.28. The van der Waals surface area contributed by atoms with Crippen molar-refractivity contribution in [2.75, 3.05) is 10.6 Å². The van der Waals surface area contributed by atoms with Crippen LogP contribution in [0.15, 0.2) is 66.7 Å². The smallest absolute Gasteiger partial charge is 0.256 e. The highest BCUT2D eigenvalue weighted by molar-refractivity contribution is 6.03. The summed E-state index contributed by atoms with van der Waals surface area (Å²) < 4.78 is 5.61. The van der Waals surface area contributed by atoms with Gasteiger partial charge < -0.3 is 15.4 Å². The number of carbonyl (C=O) groups excluding carboxylic acids is 1. The van der Waals surface area contributed by atoms with Crippen LogP contribution in [0.25, 0.3) is 0 Å². The molecule has 0 unspecified atom stereocenters. The molecule has 1 heterocycles. The first-order chi connectivity index (χ1) is 12.6. The van der Waals surface area contributed by atoms with Crippen molar-refractivity contribution in [3.8, 4) is 5.75 Å². The van der Waals surface area contributed by atoms with Crippen LogP contribution in [0.1, 0.15) is 24.2 Å². The minimum Gasteiger partial charge on any atom is -0.491 e. The molecular formula is C20H20N4O2. The number of aromatic nitrogens is 2. The van der Waals surface area contributed by atoms with Crippen molar-refractivity contribution in [1.29, 1.82) is 0 Å². The summed E-state index contributed by atoms with van der Waals surface area (Å²) in [5.41, 5.74) is 1.44. The maximum Gasteiger partial charge on any atom is 0.256 e. The van der Waals surface area contributed by atoms with E-state index in [4.69, 9.17) is 4.74 Å². The molecule has 0 aliphatic carbocycles. The number of anilines is 3. The van der Waals surface area contributed by atoms with Crippen molar-refractivity contribution in [3.05, 3.63) is 72.3 Å². The number of nitrogens with one attached hydrogen (secondary N) is 2. The topological polar surface area (TPSA) is 76.1 Å². The van der Waals surface area contributed by atoms with Gasteiger partial charge in [-0.2, -0.15) is 0 Å². The molecule has 0 bridgehead atoms. The van der Waals surface area contributed by atoms with Gasteiger partial charge in [-0.05, 0) is 62.4 Å². The molecule has 0 fully saturated rings. The van der Waals surface area contributed by atoms with Crippen molar-refractivity contribution in [2.45, 2.75) is 20.0 Å². The van der Waals surface area contributed by atoms with Gasteiger partial charge in [-0.25, -0.2) is 0 Å². The van der Waals surface area contributed by atoms with Crippen molar-refractivity contribution >= 4 is 23.2 Å². The maximum absolute atomic E-state index is 12.1. The maximum atomic E-state index is 12.1. The number of benzene rings is 2. The average Bonchev–Trinajstić information content (AvgIpc) is 2.65. The third-order valence-corrected chi connectivity index (χ3v) is 3.44. The highest BCUT2D eigenvalue weighted by Gasteiger charge is 2.06. The van der Waals surface area contributed by atoms with Gasteiger partial charge in [-0.3, -0.25) is 4.79 Å². The Labute approximate surface area is 152 Å². The summed E-state index contributed by atoms with van der Waals surface area (Å²) in [5, 5.41) is 14.0. The van der Waals surface area contributed by atoms with Gasteiger partial charge in [0.15, 0.2) is 11.6 Å². The Kier molecular flexibility index (Phi) is 5.43. The van der Waals surface area contributed by atoms with Gasteiger partial charge in [0.25, 0.3) is 5.91 Å². The first-order valence-corrected chi connectivity index (χ1v) is 8.34. The summed E-state index contributed by atoms with van der Waals surface area (Å²) in [4.78, 5) is 12.1. The van der Waals surface area contributed by atoms with Crippen molar-refractivity contribution in [2.24, 2.45) is 0 Å². The second-order valence-corrected chi connectivity index (χ2v) is 5.94. The van der Waals surface area contributed by atoms with Crippen LogP contribution in [0.3, 0.4) is 0 Å². The zero-order valence-electron chi connectivity index (χ0n) is 14.6. The van der Waals surface area contributed by atoms with Gasteiger partial charge in [-0.15, -0.1) is 10.2 Å². The molecular weight excluding hydrogens is 328 g/mol. The Morgan fingerprint density at radius 2 is 1.54 bits per heavy atom. The van der Waals surface area contributed by atoms with E-state index in [1.54, 1.807) is 24.3 Å². The fraction of sp³-hybridized carbons (Fsp3) is 0.150. The summed E-state index contributed by atoms with van der Waals surface area (Å²) >= 11 is 0. The van der Waals surface area contributed by atoms with E-state index in [1.807, 2.05) is 56.3 Å². The first-order valence-electron chi connectivity index (χ1n) is 8.34. The normalized spacial score (nSPS) is 10.4. The Morgan fingerprint density at radius 3 is 2.15 bits per heavy atom. The van der Waals surface area contributed by atoms with Crippen LogP contribution >= 0.6 is 0 Å². The molecule has 26 heavy (non-hydrogen) atoms. The number of carbonyl (C=O) groups is 1. The molecule has 3 aromatic rings. The molecule has 0 spiro atoms. The largest absolute Gasteiger partial charge is 0.491 e. The number of amides is 1. The highest BCUT2D eigenvalue weighted by Crippen LogP contribution is 2.20. The van der Waals surface area contributed by atoms with Gasteiger partial charge in [0.05, 0.1) is 6.10 Å². The van der Waals surface area contributed by atoms with Crippen LogP contribution in [-0.2, 0) is 0 Å². The molecule has 6 heteroatoms. The van der Waals surface area contributed by atoms with Crippen LogP contribution in [0.2, 0.25) is 0 Å². The summed E-state index contributed by atoms with van der Waals surface area (Å²) in [7, 11) is 0. The number of hydrogen-bond acceptors (Lipinski definition) is 5. The van der Waals surface area contributed by atoms with Gasteiger partial charge >= 0.3 is 0 Å². The molecule has 3 rings (SSSR count). The van der Waals surface area contributed by atoms with Crippen LogP contribution in [0.5, 0.6) is 5.75 Å². The van der Waals surface area contributed by atoms with Gasteiger partial charge in [0, 0.05) is 11.3 Å². The molecule has 0 atom stereocenters. The van der Waals surface area contributed by atoms with E-state index in [0.717, 1.165) is 11.4 Å². The predicted molar refractivity (Wildman–Crippen MR) is 102 cm³/mol. The number of rotatable bonds is 6. The predicted octanol–water partition coefficient (Wildman–Crippen LogP) is 4.26. The average molecular weight is 348 g/mol. The zero-order valence-corrected chi connectivity index (χ0v) is 14.6. The number of nitrogens with zero attached hydrogens (tertiary/aromatic N) is 2. The van der Waals surface area contributed by atoms with Crippen LogP contribution in [0.4, 0.5) is 17.3 Å². The van der Waals surface area contributed by atoms with E-state index < -0.39 is 0 Å². The highest BCUT2D eigenvalue weighted by atomic mass is 16.5. The Morgan fingerprint density at radius 1 is 0.885 bits per heavy atom. The summed E-state index contributed by atoms with van der Waals surface area (Å²) in [6.07, 6.45) is 0.137. The lowest BCUT2D eigenvalue weighted by Gasteiger charge is -2.11. The van der Waals surface area contributed by atoms with E-state index in [0.29, 0.717) is 17.2 Å². The monoisotopic (exact) mass is 348 g/mol. The summed E-state index contributed by atoms with van der Waals surface area (Å²) in [6, 6.07) is 20.0. The number of ether oxygens (including phenoxy) is 1. The first kappa shape index (κ1) is 17.4. The van der Waals surface area contributed by atoms with Crippen molar-refractivity contribution < 1.29 is 9.53 Å². The lowest BCUT2D eigenvalue weighted by atomic mass is 10.2. The Bertz CT molecular complexity index is 847. The third-order valence-electron chi connectivity index (χ3n) is 3.44. The lowest BCUT2D eigenvalue weighted by Crippen LogP contribution is -2.13. The molecule has 1 amide bonds. The van der Waals surface area contributed by atoms with E-state index >= 15 is 0 Å². The second kappa shape index (κ2) is 8.11. The molecule has 2 aromatic carbocycles. The molecule has 0 aliphatic rings. The standard InChI is InChI=1S/C20H20N4O2/c1-14(2)26-17-10-8-16(9-11-17)21-18-12-13-19(24-23-18)22-20(25)15-6-4-3-5-7-15/h3-14H,1-2H3,(H,21,23)(H,22,24,25). The van der Waals surface area contributed by atoms with Gasteiger partial charge in [0.2, 0.25) is 0 Å². The molecule has 1 aromatic heterocycles. The molecule has 0 saturated heterocycles. The van der Waals surface area contributed by atoms with Gasteiger partial charge in [-0.1, -0.05) is 18.2 Å². The van der Waals surface area contributed by atoms with Crippen LogP contribution in [0, 0.1) is 0 Å². The van der Waals surface area contributed by atoms with E-state index in [1.165, 1.54) is 0 Å². The van der Waals surface area contributed by atoms with Crippen molar-refractivity contribution in [1.82, 2.24) is 10.2 Å².